The first-order valence-electron chi connectivity index (χ1n) is 13.4. The smallest absolute Gasteiger partial charge is 0.410 e. The van der Waals surface area contributed by atoms with Crippen LogP contribution in [0.5, 0.6) is 0 Å². The minimum Gasteiger partial charge on any atom is -0.445 e. The van der Waals surface area contributed by atoms with E-state index >= 15 is 0 Å². The lowest BCUT2D eigenvalue weighted by Crippen LogP contribution is -2.36. The van der Waals surface area contributed by atoms with E-state index in [2.05, 4.69) is 5.32 Å². The van der Waals surface area contributed by atoms with E-state index in [9.17, 15) is 14.4 Å². The molecule has 2 aliphatic heterocycles. The molecule has 2 saturated heterocycles. The molecule has 10 heteroatoms. The zero-order valence-corrected chi connectivity index (χ0v) is 23.8. The molecule has 0 unspecified atom stereocenters. The van der Waals surface area contributed by atoms with E-state index < -0.39 is 17.3 Å². The van der Waals surface area contributed by atoms with Crippen LogP contribution < -0.4 is 11.1 Å². The molecule has 2 aliphatic rings. The Morgan fingerprint density at radius 3 is 1.84 bits per heavy atom. The quantitative estimate of drug-likeness (QED) is 0.538. The molecule has 2 fully saturated rings. The molecule has 10 nitrogen and oxygen atoms in total. The Hall–Kier alpha value is -3.01. The van der Waals surface area contributed by atoms with Crippen LogP contribution in [0.1, 0.15) is 59.9 Å². The fourth-order valence-electron chi connectivity index (χ4n) is 4.01. The van der Waals surface area contributed by atoms with Gasteiger partial charge in [-0.3, -0.25) is 0 Å². The molecule has 0 aliphatic carbocycles. The number of ether oxygens (including phenoxy) is 3. The van der Waals surface area contributed by atoms with Gasteiger partial charge >= 0.3 is 18.3 Å². The molecular weight excluding hydrogens is 488 g/mol. The number of carbonyl (C=O) groups excluding carboxylic acids is 3. The first-order valence-corrected chi connectivity index (χ1v) is 13.4. The van der Waals surface area contributed by atoms with Gasteiger partial charge < -0.3 is 35.1 Å². The van der Waals surface area contributed by atoms with Gasteiger partial charge in [0.25, 0.3) is 0 Å². The third-order valence-electron chi connectivity index (χ3n) is 5.96. The average Bonchev–Trinajstić information content (AvgIpc) is 3.50. The molecule has 214 valence electrons. The van der Waals surface area contributed by atoms with Gasteiger partial charge in [-0.2, -0.15) is 0 Å². The average molecular weight is 535 g/mol. The summed E-state index contributed by atoms with van der Waals surface area (Å²) in [5.41, 5.74) is 5.60. The van der Waals surface area contributed by atoms with E-state index in [-0.39, 0.29) is 24.7 Å². The van der Waals surface area contributed by atoms with Crippen LogP contribution in [0.4, 0.5) is 14.4 Å². The van der Waals surface area contributed by atoms with Gasteiger partial charge in [-0.1, -0.05) is 30.3 Å². The molecule has 0 spiro atoms. The Balaban J connectivity index is 0.000000308. The third-order valence-corrected chi connectivity index (χ3v) is 5.96. The van der Waals surface area contributed by atoms with E-state index in [4.69, 9.17) is 19.9 Å². The SMILES string of the molecule is CC(C)(C)OC(=O)N1CC[C@@H](CN)C1.CC(C)(C)OC(=O)N1CC[C@@H](CNC(=O)OCc2ccccc2)C1. The molecule has 1 aromatic rings. The highest BCUT2D eigenvalue weighted by atomic mass is 16.6. The first kappa shape index (κ1) is 31.2. The van der Waals surface area contributed by atoms with Crippen LogP contribution >= 0.6 is 0 Å². The molecule has 0 saturated carbocycles. The van der Waals surface area contributed by atoms with Crippen molar-refractivity contribution in [2.45, 2.75) is 72.2 Å². The normalized spacial score (nSPS) is 19.3. The zero-order chi connectivity index (χ0) is 28.3. The van der Waals surface area contributed by atoms with Crippen molar-refractivity contribution in [3.63, 3.8) is 0 Å². The summed E-state index contributed by atoms with van der Waals surface area (Å²) >= 11 is 0. The Kier molecular flexibility index (Phi) is 11.7. The van der Waals surface area contributed by atoms with Crippen LogP contribution in [0.25, 0.3) is 0 Å². The molecule has 1 aromatic carbocycles. The Morgan fingerprint density at radius 1 is 0.868 bits per heavy atom. The predicted octanol–water partition coefficient (Wildman–Crippen LogP) is 4.37. The lowest BCUT2D eigenvalue weighted by Gasteiger charge is -2.24. The Labute approximate surface area is 227 Å². The maximum absolute atomic E-state index is 12.0. The van der Waals surface area contributed by atoms with Gasteiger partial charge in [0, 0.05) is 32.7 Å². The van der Waals surface area contributed by atoms with E-state index in [1.54, 1.807) is 9.80 Å². The molecule has 3 amide bonds. The maximum Gasteiger partial charge on any atom is 0.410 e. The lowest BCUT2D eigenvalue weighted by molar-refractivity contribution is 0.0278. The number of carbonyl (C=O) groups is 3. The van der Waals surface area contributed by atoms with Gasteiger partial charge in [-0.25, -0.2) is 14.4 Å². The number of rotatable bonds is 5. The summed E-state index contributed by atoms with van der Waals surface area (Å²) in [6.07, 6.45) is 0.896. The van der Waals surface area contributed by atoms with Gasteiger partial charge in [0.1, 0.15) is 17.8 Å². The number of likely N-dealkylation sites (tertiary alicyclic amines) is 2. The number of amides is 3. The van der Waals surface area contributed by atoms with Crippen LogP contribution in [0.2, 0.25) is 0 Å². The van der Waals surface area contributed by atoms with Crippen LogP contribution in [0.3, 0.4) is 0 Å². The molecule has 2 atom stereocenters. The minimum absolute atomic E-state index is 0.214. The van der Waals surface area contributed by atoms with Crippen molar-refractivity contribution in [3.8, 4) is 0 Å². The summed E-state index contributed by atoms with van der Waals surface area (Å²) in [5, 5.41) is 2.76. The van der Waals surface area contributed by atoms with E-state index in [1.165, 1.54) is 0 Å². The highest BCUT2D eigenvalue weighted by molar-refractivity contribution is 5.69. The van der Waals surface area contributed by atoms with E-state index in [0.717, 1.165) is 31.5 Å². The number of hydrogen-bond acceptors (Lipinski definition) is 7. The van der Waals surface area contributed by atoms with Gasteiger partial charge in [-0.15, -0.1) is 0 Å². The van der Waals surface area contributed by atoms with Gasteiger partial charge in [-0.05, 0) is 78.3 Å². The standard InChI is InChI=1S/C18H26N2O4.C10H20N2O2/c1-18(2,3)24-17(22)20-10-9-15(12-20)11-19-16(21)23-13-14-7-5-4-6-8-14;1-10(2,3)14-9(13)12-5-4-8(6-11)7-12/h4-8,15H,9-13H2,1-3H3,(H,19,21);8H,4-7,11H2,1-3H3/t15-;8-/m00/s1. The zero-order valence-electron chi connectivity index (χ0n) is 23.8. The highest BCUT2D eigenvalue weighted by Gasteiger charge is 2.30. The number of nitrogens with one attached hydrogen (secondary N) is 1. The molecular formula is C28H46N4O6. The lowest BCUT2D eigenvalue weighted by atomic mass is 10.1. The number of hydrogen-bond donors (Lipinski definition) is 2. The van der Waals surface area contributed by atoms with Crippen molar-refractivity contribution in [3.05, 3.63) is 35.9 Å². The third kappa shape index (κ3) is 12.0. The van der Waals surface area contributed by atoms with Crippen molar-refractivity contribution >= 4 is 18.3 Å². The fraction of sp³-hybridized carbons (Fsp3) is 0.679. The minimum atomic E-state index is -0.491. The topological polar surface area (TPSA) is 123 Å². The van der Waals surface area contributed by atoms with Crippen molar-refractivity contribution in [1.82, 2.24) is 15.1 Å². The monoisotopic (exact) mass is 534 g/mol. The molecule has 2 heterocycles. The van der Waals surface area contributed by atoms with E-state index in [0.29, 0.717) is 32.1 Å². The fourth-order valence-corrected chi connectivity index (χ4v) is 4.01. The number of alkyl carbamates (subject to hydrolysis) is 1. The van der Waals surface area contributed by atoms with Crippen molar-refractivity contribution < 1.29 is 28.6 Å². The second-order valence-electron chi connectivity index (χ2n) is 11.8. The summed E-state index contributed by atoms with van der Waals surface area (Å²) in [7, 11) is 0. The second-order valence-corrected chi connectivity index (χ2v) is 11.8. The van der Waals surface area contributed by atoms with Crippen LogP contribution in [0, 0.1) is 11.8 Å². The molecule has 0 aromatic heterocycles. The summed E-state index contributed by atoms with van der Waals surface area (Å²) in [6, 6.07) is 9.53. The van der Waals surface area contributed by atoms with Crippen molar-refractivity contribution in [2.24, 2.45) is 17.6 Å². The van der Waals surface area contributed by atoms with Gasteiger partial charge in [0.2, 0.25) is 0 Å². The molecule has 3 N–H and O–H groups in total. The molecule has 3 rings (SSSR count). The second kappa shape index (κ2) is 14.2. The molecule has 0 radical (unpaired) electrons. The van der Waals surface area contributed by atoms with E-state index in [1.807, 2.05) is 71.9 Å². The number of nitrogens with two attached hydrogens (primary N) is 1. The summed E-state index contributed by atoms with van der Waals surface area (Å²) in [4.78, 5) is 38.7. The summed E-state index contributed by atoms with van der Waals surface area (Å²) < 4.78 is 15.8. The Bertz CT molecular complexity index is 897. The van der Waals surface area contributed by atoms with Crippen LogP contribution in [-0.4, -0.2) is 78.6 Å². The van der Waals surface area contributed by atoms with Gasteiger partial charge in [0.05, 0.1) is 0 Å². The first-order chi connectivity index (χ1) is 17.8. The summed E-state index contributed by atoms with van der Waals surface area (Å²) in [6.45, 7) is 15.3. The Morgan fingerprint density at radius 2 is 1.37 bits per heavy atom. The molecule has 38 heavy (non-hydrogen) atoms. The van der Waals surface area contributed by atoms with Crippen LogP contribution in [-0.2, 0) is 20.8 Å². The number of benzene rings is 1. The van der Waals surface area contributed by atoms with Crippen molar-refractivity contribution in [2.75, 3.05) is 39.3 Å². The largest absolute Gasteiger partial charge is 0.445 e. The van der Waals surface area contributed by atoms with Gasteiger partial charge in [0.15, 0.2) is 0 Å². The summed E-state index contributed by atoms with van der Waals surface area (Å²) in [5.74, 6) is 0.671. The van der Waals surface area contributed by atoms with Crippen molar-refractivity contribution in [1.29, 1.82) is 0 Å². The predicted molar refractivity (Wildman–Crippen MR) is 146 cm³/mol. The van der Waals surface area contributed by atoms with Crippen LogP contribution in [0.15, 0.2) is 30.3 Å². The maximum atomic E-state index is 12.0. The number of nitrogens with zero attached hydrogens (tertiary/aromatic N) is 2. The highest BCUT2D eigenvalue weighted by Crippen LogP contribution is 2.20. The molecule has 0 bridgehead atoms.